The number of carbonyl (C=O) groups is 2. The number of rotatable bonds is 5. The zero-order chi connectivity index (χ0) is 20.1. The van der Waals surface area contributed by atoms with Gasteiger partial charge in [0.1, 0.15) is 29.7 Å². The number of nitrogens with one attached hydrogen (secondary N) is 1. The molecule has 0 fully saturated rings. The second kappa shape index (κ2) is 8.23. The highest BCUT2D eigenvalue weighted by atomic mass is 16.5. The van der Waals surface area contributed by atoms with Gasteiger partial charge in [-0.25, -0.2) is 4.79 Å². The van der Waals surface area contributed by atoms with Crippen LogP contribution in [0.25, 0.3) is 5.57 Å². The molecule has 2 aromatic rings. The first-order valence-electron chi connectivity index (χ1n) is 8.64. The molecule has 28 heavy (non-hydrogen) atoms. The Kier molecular flexibility index (Phi) is 5.56. The molecule has 0 unspecified atom stereocenters. The van der Waals surface area contributed by atoms with Crippen LogP contribution < -0.4 is 10.1 Å². The Morgan fingerprint density at radius 1 is 1.11 bits per heavy atom. The number of nitrogens with zero attached hydrogens (tertiary/aromatic N) is 1. The summed E-state index contributed by atoms with van der Waals surface area (Å²) >= 11 is 0. The van der Waals surface area contributed by atoms with Crippen LogP contribution >= 0.6 is 0 Å². The lowest BCUT2D eigenvalue weighted by atomic mass is 9.90. The molecule has 1 amide bonds. The van der Waals surface area contributed by atoms with Crippen LogP contribution in [-0.2, 0) is 14.3 Å². The first-order valence-corrected chi connectivity index (χ1v) is 8.64. The molecule has 0 aromatic heterocycles. The Labute approximate surface area is 162 Å². The summed E-state index contributed by atoms with van der Waals surface area (Å²) in [5.41, 5.74) is 2.09. The third-order valence-corrected chi connectivity index (χ3v) is 4.09. The van der Waals surface area contributed by atoms with Gasteiger partial charge in [-0.2, -0.15) is 5.26 Å². The monoisotopic (exact) mass is 374 g/mol. The van der Waals surface area contributed by atoms with E-state index in [2.05, 4.69) is 11.9 Å². The molecule has 0 spiro atoms. The van der Waals surface area contributed by atoms with Gasteiger partial charge < -0.3 is 14.8 Å². The molecular formula is C22H18N2O4. The molecule has 1 aliphatic heterocycles. The molecule has 140 valence electrons. The minimum absolute atomic E-state index is 0.0121. The lowest BCUT2D eigenvalue weighted by molar-refractivity contribution is -0.139. The van der Waals surface area contributed by atoms with Crippen LogP contribution in [0.5, 0.6) is 11.5 Å². The maximum absolute atomic E-state index is 12.7. The molecule has 0 atom stereocenters. The normalized spacial score (nSPS) is 11.2. The Balaban J connectivity index is 1.90. The third-order valence-electron chi connectivity index (χ3n) is 4.09. The predicted molar refractivity (Wildman–Crippen MR) is 103 cm³/mol. The number of ether oxygens (including phenoxy) is 2. The van der Waals surface area contributed by atoms with Crippen molar-refractivity contribution in [2.75, 3.05) is 13.2 Å². The predicted octanol–water partition coefficient (Wildman–Crippen LogP) is 3.35. The highest BCUT2D eigenvalue weighted by Crippen LogP contribution is 2.44. The summed E-state index contributed by atoms with van der Waals surface area (Å²) in [5.74, 6) is 0.0788. The van der Waals surface area contributed by atoms with Crippen LogP contribution in [0.2, 0.25) is 0 Å². The maximum Gasteiger partial charge on any atom is 0.333 e. The van der Waals surface area contributed by atoms with Gasteiger partial charge in [0.25, 0.3) is 5.91 Å². The van der Waals surface area contributed by atoms with E-state index in [1.807, 2.05) is 30.3 Å². The Morgan fingerprint density at radius 3 is 2.21 bits per heavy atom. The van der Waals surface area contributed by atoms with Crippen molar-refractivity contribution in [3.63, 3.8) is 0 Å². The summed E-state index contributed by atoms with van der Waals surface area (Å²) in [6.07, 6.45) is 0. The number of benzene rings is 2. The molecule has 0 saturated heterocycles. The topological polar surface area (TPSA) is 88.4 Å². The fraction of sp³-hybridized carbons (Fsp3) is 0.136. The van der Waals surface area contributed by atoms with Crippen molar-refractivity contribution in [3.8, 4) is 17.6 Å². The third kappa shape index (κ3) is 3.79. The fourth-order valence-corrected chi connectivity index (χ4v) is 2.80. The molecule has 1 N–H and O–H groups in total. The summed E-state index contributed by atoms with van der Waals surface area (Å²) in [5, 5.41) is 12.3. The Hall–Kier alpha value is -3.85. The van der Waals surface area contributed by atoms with Gasteiger partial charge in [-0.05, 0) is 19.1 Å². The van der Waals surface area contributed by atoms with E-state index in [0.717, 1.165) is 0 Å². The van der Waals surface area contributed by atoms with Crippen molar-refractivity contribution in [1.82, 2.24) is 5.32 Å². The molecule has 0 radical (unpaired) electrons. The van der Waals surface area contributed by atoms with Crippen LogP contribution in [0, 0.1) is 11.3 Å². The Morgan fingerprint density at radius 2 is 1.68 bits per heavy atom. The lowest BCUT2D eigenvalue weighted by Gasteiger charge is -2.23. The molecule has 0 bridgehead atoms. The molecule has 0 saturated carbocycles. The smallest absolute Gasteiger partial charge is 0.333 e. The summed E-state index contributed by atoms with van der Waals surface area (Å²) in [6, 6.07) is 16.5. The maximum atomic E-state index is 12.7. The minimum atomic E-state index is -0.546. The van der Waals surface area contributed by atoms with E-state index in [4.69, 9.17) is 9.47 Å². The standard InChI is InChI=1S/C22H18N2O4/c1-14(2)22(26)27-12-11-24-21(25)17(13-23)20-15-7-3-5-9-18(15)28-19-10-6-4-8-16(19)20/h3-10H,1,11-12H2,2H3,(H,24,25). The number of fused-ring (bicyclic) bond motifs is 2. The number of hydrogen-bond donors (Lipinski definition) is 1. The van der Waals surface area contributed by atoms with E-state index >= 15 is 0 Å². The zero-order valence-electron chi connectivity index (χ0n) is 15.3. The average molecular weight is 374 g/mol. The van der Waals surface area contributed by atoms with Gasteiger partial charge in [0, 0.05) is 22.3 Å². The van der Waals surface area contributed by atoms with Crippen LogP contribution in [-0.4, -0.2) is 25.0 Å². The average Bonchev–Trinajstić information content (AvgIpc) is 2.70. The van der Waals surface area contributed by atoms with Crippen molar-refractivity contribution in [3.05, 3.63) is 77.4 Å². The van der Waals surface area contributed by atoms with Crippen molar-refractivity contribution in [1.29, 1.82) is 5.26 Å². The minimum Gasteiger partial charge on any atom is -0.460 e. The van der Waals surface area contributed by atoms with Gasteiger partial charge in [0.15, 0.2) is 0 Å². The number of nitriles is 1. The largest absolute Gasteiger partial charge is 0.460 e. The number of carbonyl (C=O) groups excluding carboxylic acids is 2. The number of hydrogen-bond acceptors (Lipinski definition) is 5. The van der Waals surface area contributed by atoms with E-state index in [1.54, 1.807) is 31.2 Å². The molecule has 6 heteroatoms. The van der Waals surface area contributed by atoms with Gasteiger partial charge in [-0.3, -0.25) is 4.79 Å². The highest BCUT2D eigenvalue weighted by Gasteiger charge is 2.27. The second-order valence-electron chi connectivity index (χ2n) is 6.13. The van der Waals surface area contributed by atoms with Crippen LogP contribution in [0.15, 0.2) is 66.3 Å². The van der Waals surface area contributed by atoms with Crippen LogP contribution in [0.1, 0.15) is 18.1 Å². The number of amides is 1. The molecule has 0 aliphatic carbocycles. The summed E-state index contributed by atoms with van der Waals surface area (Å²) in [7, 11) is 0. The summed E-state index contributed by atoms with van der Waals surface area (Å²) < 4.78 is 10.8. The second-order valence-corrected chi connectivity index (χ2v) is 6.13. The van der Waals surface area contributed by atoms with E-state index in [0.29, 0.717) is 28.2 Å². The highest BCUT2D eigenvalue weighted by molar-refractivity contribution is 6.09. The molecule has 3 rings (SSSR count). The Bertz CT molecular complexity index is 983. The fourth-order valence-electron chi connectivity index (χ4n) is 2.80. The molecule has 6 nitrogen and oxygen atoms in total. The molecule has 1 aliphatic rings. The quantitative estimate of drug-likeness (QED) is 0.320. The van der Waals surface area contributed by atoms with Crippen molar-refractivity contribution in [2.24, 2.45) is 0 Å². The van der Waals surface area contributed by atoms with E-state index in [1.165, 1.54) is 0 Å². The van der Waals surface area contributed by atoms with E-state index in [9.17, 15) is 14.9 Å². The zero-order valence-corrected chi connectivity index (χ0v) is 15.3. The molecular weight excluding hydrogens is 356 g/mol. The van der Waals surface area contributed by atoms with E-state index < -0.39 is 11.9 Å². The van der Waals surface area contributed by atoms with Gasteiger partial charge >= 0.3 is 5.97 Å². The molecule has 2 aromatic carbocycles. The first-order chi connectivity index (χ1) is 13.5. The van der Waals surface area contributed by atoms with Crippen molar-refractivity contribution >= 4 is 17.4 Å². The van der Waals surface area contributed by atoms with Gasteiger partial charge in [0.05, 0.1) is 6.54 Å². The van der Waals surface area contributed by atoms with Crippen molar-refractivity contribution in [2.45, 2.75) is 6.92 Å². The first kappa shape index (κ1) is 18.9. The molecule has 1 heterocycles. The van der Waals surface area contributed by atoms with Crippen LogP contribution in [0.4, 0.5) is 0 Å². The van der Waals surface area contributed by atoms with E-state index in [-0.39, 0.29) is 24.3 Å². The number of para-hydroxylation sites is 2. The lowest BCUT2D eigenvalue weighted by Crippen LogP contribution is -2.29. The summed E-state index contributed by atoms with van der Waals surface area (Å²) in [4.78, 5) is 24.1. The van der Waals surface area contributed by atoms with Crippen molar-refractivity contribution < 1.29 is 19.1 Å². The van der Waals surface area contributed by atoms with Gasteiger partial charge in [-0.1, -0.05) is 43.0 Å². The van der Waals surface area contributed by atoms with Gasteiger partial charge in [0.2, 0.25) is 0 Å². The summed E-state index contributed by atoms with van der Waals surface area (Å²) in [6.45, 7) is 5.10. The van der Waals surface area contributed by atoms with Crippen LogP contribution in [0.3, 0.4) is 0 Å². The SMILES string of the molecule is C=C(C)C(=O)OCCNC(=O)C(C#N)=C1c2ccccc2Oc2ccccc21. The number of esters is 1. The van der Waals surface area contributed by atoms with Gasteiger partial charge in [-0.15, -0.1) is 0 Å².